The van der Waals surface area contributed by atoms with Crippen LogP contribution in [0.2, 0.25) is 0 Å². The van der Waals surface area contributed by atoms with E-state index in [1.54, 1.807) is 0 Å². The molecular formula is C15H24. The molecule has 0 heterocycles. The first kappa shape index (κ1) is 11.0. The van der Waals surface area contributed by atoms with Crippen LogP contribution in [0.4, 0.5) is 0 Å². The largest absolute Gasteiger partial charge is 0.0995 e. The molecule has 0 radical (unpaired) electrons. The van der Waals surface area contributed by atoms with Crippen molar-refractivity contribution >= 4 is 0 Å². The van der Waals surface area contributed by atoms with Gasteiger partial charge in [0.1, 0.15) is 0 Å². The Morgan fingerprint density at radius 1 is 1.40 bits per heavy atom. The summed E-state index contributed by atoms with van der Waals surface area (Å²) in [5, 5.41) is 0. The predicted molar refractivity (Wildman–Crippen MR) is 66.7 cm³/mol. The molecule has 15 heavy (non-hydrogen) atoms. The van der Waals surface area contributed by atoms with Gasteiger partial charge in [-0.05, 0) is 63.2 Å². The van der Waals surface area contributed by atoms with E-state index in [9.17, 15) is 0 Å². The van der Waals surface area contributed by atoms with Gasteiger partial charge in [-0.15, -0.1) is 0 Å². The van der Waals surface area contributed by atoms with E-state index in [4.69, 9.17) is 0 Å². The highest BCUT2D eigenvalue weighted by Gasteiger charge is 2.46. The zero-order chi connectivity index (χ0) is 11.1. The molecule has 3 unspecified atom stereocenters. The highest BCUT2D eigenvalue weighted by atomic mass is 14.5. The van der Waals surface area contributed by atoms with E-state index < -0.39 is 0 Å². The monoisotopic (exact) mass is 204 g/mol. The molecule has 0 nitrogen and oxygen atoms in total. The van der Waals surface area contributed by atoms with Gasteiger partial charge in [0, 0.05) is 0 Å². The third-order valence-corrected chi connectivity index (χ3v) is 4.46. The Balaban J connectivity index is 2.25. The van der Waals surface area contributed by atoms with Crippen molar-refractivity contribution in [1.29, 1.82) is 0 Å². The van der Waals surface area contributed by atoms with E-state index in [1.165, 1.54) is 43.3 Å². The molecule has 0 amide bonds. The molecule has 0 heteroatoms. The van der Waals surface area contributed by atoms with Crippen molar-refractivity contribution < 1.29 is 0 Å². The molecule has 2 aliphatic rings. The van der Waals surface area contributed by atoms with Gasteiger partial charge < -0.3 is 0 Å². The lowest BCUT2D eigenvalue weighted by Gasteiger charge is -2.39. The summed E-state index contributed by atoms with van der Waals surface area (Å²) >= 11 is 0. The molecule has 0 bridgehead atoms. The molecule has 0 N–H and O–H groups in total. The second kappa shape index (κ2) is 3.81. The minimum absolute atomic E-state index is 0.575. The number of rotatable bonds is 1. The first-order valence-electron chi connectivity index (χ1n) is 6.36. The lowest BCUT2D eigenvalue weighted by molar-refractivity contribution is 0.187. The summed E-state index contributed by atoms with van der Waals surface area (Å²) in [6.45, 7) is 11.3. The molecule has 0 spiro atoms. The fourth-order valence-electron chi connectivity index (χ4n) is 3.89. The lowest BCUT2D eigenvalue weighted by atomic mass is 9.65. The molecule has 2 fully saturated rings. The van der Waals surface area contributed by atoms with E-state index in [2.05, 4.69) is 33.4 Å². The van der Waals surface area contributed by atoms with Crippen LogP contribution in [0.15, 0.2) is 23.8 Å². The Bertz CT molecular complexity index is 293. The summed E-state index contributed by atoms with van der Waals surface area (Å²) in [5.41, 5.74) is 3.58. The van der Waals surface area contributed by atoms with Crippen molar-refractivity contribution in [3.8, 4) is 0 Å². The van der Waals surface area contributed by atoms with Gasteiger partial charge in [0.25, 0.3) is 0 Å². The topological polar surface area (TPSA) is 0 Å². The standard InChI is InChI=1S/C15H24/c1-11(2)10-13-7-9-15(4)8-5-6-12(3)14(13)15/h10,13-14H,3,5-9H2,1-2,4H3. The number of hydrogen-bond donors (Lipinski definition) is 0. The van der Waals surface area contributed by atoms with E-state index in [-0.39, 0.29) is 0 Å². The predicted octanol–water partition coefficient (Wildman–Crippen LogP) is 4.73. The van der Waals surface area contributed by atoms with Crippen LogP contribution in [0, 0.1) is 17.3 Å². The van der Waals surface area contributed by atoms with Gasteiger partial charge in [-0.25, -0.2) is 0 Å². The molecular weight excluding hydrogens is 180 g/mol. The highest BCUT2D eigenvalue weighted by Crippen LogP contribution is 2.56. The lowest BCUT2D eigenvalue weighted by Crippen LogP contribution is -2.30. The van der Waals surface area contributed by atoms with Gasteiger partial charge in [-0.3, -0.25) is 0 Å². The maximum absolute atomic E-state index is 4.33. The minimum atomic E-state index is 0.575. The molecule has 84 valence electrons. The number of allylic oxidation sites excluding steroid dienone is 3. The number of hydrogen-bond acceptors (Lipinski definition) is 0. The van der Waals surface area contributed by atoms with Gasteiger partial charge >= 0.3 is 0 Å². The first-order chi connectivity index (χ1) is 7.03. The van der Waals surface area contributed by atoms with Crippen LogP contribution < -0.4 is 0 Å². The fraction of sp³-hybridized carbons (Fsp3) is 0.733. The quantitative estimate of drug-likeness (QED) is 0.542. The Labute approximate surface area is 94.5 Å². The van der Waals surface area contributed by atoms with Gasteiger partial charge in [0.05, 0.1) is 0 Å². The molecule has 2 saturated carbocycles. The molecule has 2 aliphatic carbocycles. The van der Waals surface area contributed by atoms with Gasteiger partial charge in [-0.2, -0.15) is 0 Å². The smallest absolute Gasteiger partial charge is 0.00889 e. The maximum atomic E-state index is 4.33. The second-order valence-electron chi connectivity index (χ2n) is 6.09. The average Bonchev–Trinajstić information content (AvgIpc) is 2.43. The van der Waals surface area contributed by atoms with Crippen molar-refractivity contribution in [3.63, 3.8) is 0 Å². The molecule has 2 rings (SSSR count). The van der Waals surface area contributed by atoms with Crippen LogP contribution in [-0.2, 0) is 0 Å². The summed E-state index contributed by atoms with van der Waals surface area (Å²) in [7, 11) is 0. The summed E-state index contributed by atoms with van der Waals surface area (Å²) in [6.07, 6.45) is 9.34. The van der Waals surface area contributed by atoms with Crippen LogP contribution in [-0.4, -0.2) is 0 Å². The zero-order valence-electron chi connectivity index (χ0n) is 10.5. The van der Waals surface area contributed by atoms with E-state index in [1.807, 2.05) is 0 Å². The molecule has 0 aromatic rings. The Morgan fingerprint density at radius 3 is 2.80 bits per heavy atom. The fourth-order valence-corrected chi connectivity index (χ4v) is 3.89. The highest BCUT2D eigenvalue weighted by molar-refractivity contribution is 5.19. The first-order valence-corrected chi connectivity index (χ1v) is 6.36. The Morgan fingerprint density at radius 2 is 2.13 bits per heavy atom. The molecule has 0 saturated heterocycles. The SMILES string of the molecule is C=C1CCCC2(C)CCC(C=C(C)C)C12. The van der Waals surface area contributed by atoms with Crippen molar-refractivity contribution in [2.75, 3.05) is 0 Å². The van der Waals surface area contributed by atoms with E-state index >= 15 is 0 Å². The van der Waals surface area contributed by atoms with Crippen LogP contribution in [0.3, 0.4) is 0 Å². The maximum Gasteiger partial charge on any atom is -0.00889 e. The third-order valence-electron chi connectivity index (χ3n) is 4.46. The normalized spacial score (nSPS) is 40.1. The van der Waals surface area contributed by atoms with Crippen LogP contribution >= 0.6 is 0 Å². The van der Waals surface area contributed by atoms with Crippen LogP contribution in [0.25, 0.3) is 0 Å². The van der Waals surface area contributed by atoms with Crippen molar-refractivity contribution in [2.45, 2.75) is 52.9 Å². The van der Waals surface area contributed by atoms with Crippen molar-refractivity contribution in [2.24, 2.45) is 17.3 Å². The van der Waals surface area contributed by atoms with Gasteiger partial charge in [-0.1, -0.05) is 30.7 Å². The van der Waals surface area contributed by atoms with Gasteiger partial charge in [0.2, 0.25) is 0 Å². The second-order valence-corrected chi connectivity index (χ2v) is 6.09. The van der Waals surface area contributed by atoms with Crippen LogP contribution in [0.1, 0.15) is 52.9 Å². The van der Waals surface area contributed by atoms with Gasteiger partial charge in [0.15, 0.2) is 0 Å². The zero-order valence-corrected chi connectivity index (χ0v) is 10.5. The molecule has 0 aromatic heterocycles. The molecule has 3 atom stereocenters. The van der Waals surface area contributed by atoms with Crippen molar-refractivity contribution in [1.82, 2.24) is 0 Å². The van der Waals surface area contributed by atoms with E-state index in [0.717, 1.165) is 11.8 Å². The molecule has 0 aromatic carbocycles. The number of fused-ring (bicyclic) bond motifs is 1. The Hall–Kier alpha value is -0.520. The third kappa shape index (κ3) is 1.91. The average molecular weight is 204 g/mol. The van der Waals surface area contributed by atoms with E-state index in [0.29, 0.717) is 5.41 Å². The molecule has 0 aliphatic heterocycles. The Kier molecular flexibility index (Phi) is 2.79. The summed E-state index contributed by atoms with van der Waals surface area (Å²) in [5.74, 6) is 1.56. The van der Waals surface area contributed by atoms with Crippen molar-refractivity contribution in [3.05, 3.63) is 23.8 Å². The van der Waals surface area contributed by atoms with Crippen LogP contribution in [0.5, 0.6) is 0 Å². The summed E-state index contributed by atoms with van der Waals surface area (Å²) < 4.78 is 0. The summed E-state index contributed by atoms with van der Waals surface area (Å²) in [6, 6.07) is 0. The summed E-state index contributed by atoms with van der Waals surface area (Å²) in [4.78, 5) is 0. The minimum Gasteiger partial charge on any atom is -0.0995 e.